The predicted octanol–water partition coefficient (Wildman–Crippen LogP) is 3.60. The van der Waals surface area contributed by atoms with Crippen LogP contribution in [0.1, 0.15) is 38.8 Å². The minimum Gasteiger partial charge on any atom is -0.380 e. The number of hydrogen-bond donors (Lipinski definition) is 1. The summed E-state index contributed by atoms with van der Waals surface area (Å²) in [5, 5.41) is 3.62. The SMILES string of the molecule is COCc1ccccc1CNCC1C(C)(C)C1(C)C. The Morgan fingerprint density at radius 3 is 2.16 bits per heavy atom. The molecule has 1 fully saturated rings. The van der Waals surface area contributed by atoms with Gasteiger partial charge in [0.05, 0.1) is 6.61 Å². The summed E-state index contributed by atoms with van der Waals surface area (Å²) in [4.78, 5) is 0. The number of nitrogens with one attached hydrogen (secondary N) is 1. The molecule has 1 aliphatic carbocycles. The summed E-state index contributed by atoms with van der Waals surface area (Å²) in [7, 11) is 1.75. The smallest absolute Gasteiger partial charge is 0.0716 e. The second-order valence-electron chi connectivity index (χ2n) is 6.83. The first-order valence-electron chi connectivity index (χ1n) is 7.17. The van der Waals surface area contributed by atoms with Crippen molar-refractivity contribution in [3.63, 3.8) is 0 Å². The lowest BCUT2D eigenvalue weighted by atomic mass is 10.0. The van der Waals surface area contributed by atoms with Crippen molar-refractivity contribution in [1.82, 2.24) is 5.32 Å². The molecule has 0 aromatic heterocycles. The van der Waals surface area contributed by atoms with E-state index in [2.05, 4.69) is 57.3 Å². The minimum atomic E-state index is 0.464. The molecule has 0 unspecified atom stereocenters. The third-order valence-electron chi connectivity index (χ3n) is 5.40. The first-order valence-corrected chi connectivity index (χ1v) is 7.17. The van der Waals surface area contributed by atoms with Crippen LogP contribution in [0, 0.1) is 16.7 Å². The van der Waals surface area contributed by atoms with Gasteiger partial charge in [-0.3, -0.25) is 0 Å². The normalized spacial score (nSPS) is 20.5. The molecule has 0 atom stereocenters. The van der Waals surface area contributed by atoms with Gasteiger partial charge in [0.25, 0.3) is 0 Å². The molecule has 0 aliphatic heterocycles. The third-order valence-corrected chi connectivity index (χ3v) is 5.40. The highest BCUT2D eigenvalue weighted by Crippen LogP contribution is 2.67. The molecule has 0 spiro atoms. The summed E-state index contributed by atoms with van der Waals surface area (Å²) >= 11 is 0. The van der Waals surface area contributed by atoms with E-state index in [1.165, 1.54) is 11.1 Å². The molecule has 2 rings (SSSR count). The Morgan fingerprint density at radius 1 is 1.05 bits per heavy atom. The maximum absolute atomic E-state index is 5.25. The lowest BCUT2D eigenvalue weighted by Gasteiger charge is -2.10. The molecule has 0 saturated heterocycles. The molecule has 19 heavy (non-hydrogen) atoms. The van der Waals surface area contributed by atoms with E-state index in [9.17, 15) is 0 Å². The molecule has 1 saturated carbocycles. The molecule has 0 amide bonds. The molecular weight excluding hydrogens is 234 g/mol. The van der Waals surface area contributed by atoms with Gasteiger partial charge in [-0.2, -0.15) is 0 Å². The first-order chi connectivity index (χ1) is 8.91. The second-order valence-corrected chi connectivity index (χ2v) is 6.83. The van der Waals surface area contributed by atoms with Gasteiger partial charge in [0.2, 0.25) is 0 Å². The first kappa shape index (κ1) is 14.5. The van der Waals surface area contributed by atoms with Gasteiger partial charge in [0.15, 0.2) is 0 Å². The summed E-state index contributed by atoms with van der Waals surface area (Å²) in [6.07, 6.45) is 0. The fourth-order valence-electron chi connectivity index (χ4n) is 3.22. The van der Waals surface area contributed by atoms with E-state index in [1.54, 1.807) is 7.11 Å². The van der Waals surface area contributed by atoms with Gasteiger partial charge in [0, 0.05) is 13.7 Å². The summed E-state index contributed by atoms with van der Waals surface area (Å²) in [5.41, 5.74) is 3.56. The average Bonchev–Trinajstić information content (AvgIpc) is 2.74. The lowest BCUT2D eigenvalue weighted by Crippen LogP contribution is -2.19. The predicted molar refractivity (Wildman–Crippen MR) is 79.9 cm³/mol. The molecule has 1 aliphatic rings. The topological polar surface area (TPSA) is 21.3 Å². The monoisotopic (exact) mass is 261 g/mol. The molecule has 1 aromatic carbocycles. The van der Waals surface area contributed by atoms with Gasteiger partial charge in [-0.25, -0.2) is 0 Å². The van der Waals surface area contributed by atoms with Crippen molar-refractivity contribution < 1.29 is 4.74 Å². The number of hydrogen-bond acceptors (Lipinski definition) is 2. The third kappa shape index (κ3) is 2.70. The Morgan fingerprint density at radius 2 is 1.63 bits per heavy atom. The van der Waals surface area contributed by atoms with Gasteiger partial charge in [-0.1, -0.05) is 52.0 Å². The van der Waals surface area contributed by atoms with Crippen LogP contribution in [0.25, 0.3) is 0 Å². The molecule has 1 aromatic rings. The average molecular weight is 261 g/mol. The number of methoxy groups -OCH3 is 1. The van der Waals surface area contributed by atoms with Crippen LogP contribution in [0.3, 0.4) is 0 Å². The molecule has 1 N–H and O–H groups in total. The van der Waals surface area contributed by atoms with Gasteiger partial charge in [-0.05, 0) is 34.4 Å². The zero-order valence-corrected chi connectivity index (χ0v) is 12.9. The van der Waals surface area contributed by atoms with Crippen LogP contribution in [-0.4, -0.2) is 13.7 Å². The van der Waals surface area contributed by atoms with E-state index >= 15 is 0 Å². The summed E-state index contributed by atoms with van der Waals surface area (Å²) in [5.74, 6) is 0.773. The molecule has 0 radical (unpaired) electrons. The van der Waals surface area contributed by atoms with Crippen LogP contribution < -0.4 is 5.32 Å². The lowest BCUT2D eigenvalue weighted by molar-refractivity contribution is 0.184. The summed E-state index contributed by atoms with van der Waals surface area (Å²) < 4.78 is 5.25. The Labute approximate surface area is 117 Å². The fraction of sp³-hybridized carbons (Fsp3) is 0.647. The number of rotatable bonds is 6. The largest absolute Gasteiger partial charge is 0.380 e. The van der Waals surface area contributed by atoms with E-state index < -0.39 is 0 Å². The number of benzene rings is 1. The Hall–Kier alpha value is -0.860. The van der Waals surface area contributed by atoms with Crippen LogP contribution >= 0.6 is 0 Å². The Bertz CT molecular complexity index is 423. The van der Waals surface area contributed by atoms with E-state index in [1.807, 2.05) is 0 Å². The zero-order chi connectivity index (χ0) is 14.1. The number of ether oxygens (including phenoxy) is 1. The van der Waals surface area contributed by atoms with Crippen molar-refractivity contribution >= 4 is 0 Å². The highest BCUT2D eigenvalue weighted by atomic mass is 16.5. The highest BCUT2D eigenvalue weighted by Gasteiger charge is 2.63. The summed E-state index contributed by atoms with van der Waals surface area (Å²) in [6.45, 7) is 12.2. The van der Waals surface area contributed by atoms with Crippen LogP contribution in [0.15, 0.2) is 24.3 Å². The molecule has 2 heteroatoms. The van der Waals surface area contributed by atoms with Crippen molar-refractivity contribution in [2.24, 2.45) is 16.7 Å². The molecular formula is C17H27NO. The molecule has 0 bridgehead atoms. The standard InChI is InChI=1S/C17H27NO/c1-16(2)15(17(16,3)4)11-18-10-13-8-6-7-9-14(13)12-19-5/h6-9,15,18H,10-12H2,1-5H3. The zero-order valence-electron chi connectivity index (χ0n) is 12.9. The maximum atomic E-state index is 5.25. The van der Waals surface area contributed by atoms with Gasteiger partial charge in [-0.15, -0.1) is 0 Å². The molecule has 106 valence electrons. The minimum absolute atomic E-state index is 0.464. The maximum Gasteiger partial charge on any atom is 0.0716 e. The Kier molecular flexibility index (Phi) is 4.03. The van der Waals surface area contributed by atoms with Crippen LogP contribution in [0.2, 0.25) is 0 Å². The van der Waals surface area contributed by atoms with Crippen molar-refractivity contribution in [2.45, 2.75) is 40.8 Å². The van der Waals surface area contributed by atoms with Crippen LogP contribution in [0.4, 0.5) is 0 Å². The second kappa shape index (κ2) is 5.26. The quantitative estimate of drug-likeness (QED) is 0.844. The van der Waals surface area contributed by atoms with Gasteiger partial charge in [0.1, 0.15) is 0 Å². The van der Waals surface area contributed by atoms with Crippen molar-refractivity contribution in [2.75, 3.05) is 13.7 Å². The highest BCUT2D eigenvalue weighted by molar-refractivity contribution is 5.26. The van der Waals surface area contributed by atoms with E-state index in [0.717, 1.165) is 19.0 Å². The Balaban J connectivity index is 1.87. The van der Waals surface area contributed by atoms with Crippen molar-refractivity contribution in [3.05, 3.63) is 35.4 Å². The summed E-state index contributed by atoms with van der Waals surface area (Å²) in [6, 6.07) is 8.50. The molecule has 0 heterocycles. The van der Waals surface area contributed by atoms with Crippen molar-refractivity contribution in [3.8, 4) is 0 Å². The van der Waals surface area contributed by atoms with E-state index in [4.69, 9.17) is 4.74 Å². The molecule has 2 nitrogen and oxygen atoms in total. The van der Waals surface area contributed by atoms with E-state index in [0.29, 0.717) is 17.4 Å². The van der Waals surface area contributed by atoms with Crippen LogP contribution in [-0.2, 0) is 17.9 Å². The van der Waals surface area contributed by atoms with Crippen LogP contribution in [0.5, 0.6) is 0 Å². The van der Waals surface area contributed by atoms with E-state index in [-0.39, 0.29) is 0 Å². The van der Waals surface area contributed by atoms with Crippen molar-refractivity contribution in [1.29, 1.82) is 0 Å². The fourth-order valence-corrected chi connectivity index (χ4v) is 3.22. The van der Waals surface area contributed by atoms with Gasteiger partial charge < -0.3 is 10.1 Å². The van der Waals surface area contributed by atoms with Gasteiger partial charge >= 0.3 is 0 Å².